The molecule has 1 amide bonds. The van der Waals surface area contributed by atoms with Gasteiger partial charge in [0.15, 0.2) is 0 Å². The average Bonchev–Trinajstić information content (AvgIpc) is 2.66. The Balaban J connectivity index is 1.88. The lowest BCUT2D eigenvalue weighted by molar-refractivity contribution is 0.102. The third kappa shape index (κ3) is 5.03. The smallest absolute Gasteiger partial charge is 0.261 e. The molecule has 9 heteroatoms. The van der Waals surface area contributed by atoms with Crippen molar-refractivity contribution in [3.8, 4) is 0 Å². The van der Waals surface area contributed by atoms with Gasteiger partial charge in [0, 0.05) is 5.69 Å². The monoisotopic (exact) mass is 468 g/mol. The van der Waals surface area contributed by atoms with Gasteiger partial charge < -0.3 is 5.32 Å². The summed E-state index contributed by atoms with van der Waals surface area (Å²) in [7, 11) is -3.82. The second-order valence-corrected chi connectivity index (χ2v) is 9.07. The highest BCUT2D eigenvalue weighted by Gasteiger charge is 2.18. The van der Waals surface area contributed by atoms with Gasteiger partial charge in [0.1, 0.15) is 0 Å². The maximum atomic E-state index is 12.7. The van der Waals surface area contributed by atoms with Crippen LogP contribution in [0.15, 0.2) is 65.6 Å². The first-order valence-corrected chi connectivity index (χ1v) is 10.9. The van der Waals surface area contributed by atoms with Crippen molar-refractivity contribution in [2.45, 2.75) is 11.8 Å². The summed E-state index contributed by atoms with van der Waals surface area (Å²) in [5.41, 5.74) is 1.42. The zero-order valence-electron chi connectivity index (χ0n) is 15.0. The lowest BCUT2D eigenvalue weighted by atomic mass is 10.2. The van der Waals surface area contributed by atoms with Crippen molar-refractivity contribution < 1.29 is 13.2 Å². The highest BCUT2D eigenvalue weighted by Crippen LogP contribution is 2.31. The summed E-state index contributed by atoms with van der Waals surface area (Å²) in [4.78, 5) is 12.8. The molecule has 5 nitrogen and oxygen atoms in total. The van der Waals surface area contributed by atoms with Crippen molar-refractivity contribution in [3.05, 3.63) is 86.9 Å². The summed E-state index contributed by atoms with van der Waals surface area (Å²) in [5.74, 6) is -0.582. The molecule has 0 aliphatic heterocycles. The lowest BCUT2D eigenvalue weighted by Gasteiger charge is -2.13. The predicted octanol–water partition coefficient (Wildman–Crippen LogP) is 6.01. The number of sulfonamides is 1. The van der Waals surface area contributed by atoms with Gasteiger partial charge in [0.2, 0.25) is 0 Å². The topological polar surface area (TPSA) is 75.3 Å². The molecule has 0 unspecified atom stereocenters. The molecule has 2 N–H and O–H groups in total. The van der Waals surface area contributed by atoms with Crippen LogP contribution >= 0.6 is 34.8 Å². The van der Waals surface area contributed by atoms with Gasteiger partial charge in [-0.1, -0.05) is 58.6 Å². The quantitative estimate of drug-likeness (QED) is 0.480. The first-order chi connectivity index (χ1) is 13.7. The number of anilines is 2. The molecule has 150 valence electrons. The molecule has 0 aliphatic carbocycles. The molecule has 3 aromatic rings. The van der Waals surface area contributed by atoms with Gasteiger partial charge in [0.05, 0.1) is 31.2 Å². The van der Waals surface area contributed by atoms with Gasteiger partial charge in [0.25, 0.3) is 15.9 Å². The fraction of sp³-hybridized carbons (Fsp3) is 0.0500. The minimum atomic E-state index is -3.82. The summed E-state index contributed by atoms with van der Waals surface area (Å²) in [5, 5.41) is 3.27. The number of benzene rings is 3. The van der Waals surface area contributed by atoms with E-state index in [1.54, 1.807) is 30.3 Å². The molecule has 0 fully saturated rings. The molecule has 0 saturated heterocycles. The van der Waals surface area contributed by atoms with E-state index in [-0.39, 0.29) is 36.9 Å². The number of hydrogen-bond donors (Lipinski definition) is 2. The molecule has 0 bridgehead atoms. The van der Waals surface area contributed by atoms with Crippen LogP contribution in [0.1, 0.15) is 15.9 Å². The van der Waals surface area contributed by atoms with Gasteiger partial charge in [-0.05, 0) is 49.4 Å². The molecule has 0 aromatic heterocycles. The second kappa shape index (κ2) is 8.63. The van der Waals surface area contributed by atoms with Crippen LogP contribution < -0.4 is 10.0 Å². The predicted molar refractivity (Wildman–Crippen MR) is 118 cm³/mol. The molecule has 3 aromatic carbocycles. The first kappa shape index (κ1) is 21.5. The molecule has 0 saturated carbocycles. The van der Waals surface area contributed by atoms with E-state index < -0.39 is 15.9 Å². The Labute approximate surface area is 183 Å². The maximum absolute atomic E-state index is 12.7. The van der Waals surface area contributed by atoms with Crippen LogP contribution in [0.25, 0.3) is 0 Å². The van der Waals surface area contributed by atoms with Crippen LogP contribution in [0.3, 0.4) is 0 Å². The third-order valence-electron chi connectivity index (χ3n) is 4.00. The number of nitrogens with one attached hydrogen (secondary N) is 2. The van der Waals surface area contributed by atoms with Crippen molar-refractivity contribution in [2.75, 3.05) is 10.0 Å². The van der Waals surface area contributed by atoms with Crippen LogP contribution in [-0.2, 0) is 10.0 Å². The van der Waals surface area contributed by atoms with Crippen LogP contribution in [0, 0.1) is 6.92 Å². The average molecular weight is 470 g/mol. The molecule has 0 heterocycles. The molecule has 0 radical (unpaired) electrons. The summed E-state index contributed by atoms with van der Waals surface area (Å²) in [6, 6.07) is 15.4. The zero-order chi connectivity index (χ0) is 21.2. The lowest BCUT2D eigenvalue weighted by Crippen LogP contribution is -2.16. The molecule has 3 rings (SSSR count). The fourth-order valence-electron chi connectivity index (χ4n) is 2.49. The molecule has 0 spiro atoms. The van der Waals surface area contributed by atoms with E-state index in [4.69, 9.17) is 34.8 Å². The van der Waals surface area contributed by atoms with Crippen molar-refractivity contribution in [3.63, 3.8) is 0 Å². The van der Waals surface area contributed by atoms with Gasteiger partial charge >= 0.3 is 0 Å². The van der Waals surface area contributed by atoms with E-state index in [0.29, 0.717) is 0 Å². The number of carbonyl (C=O) groups is 1. The Bertz CT molecular complexity index is 1160. The normalized spacial score (nSPS) is 11.2. The van der Waals surface area contributed by atoms with Gasteiger partial charge in [-0.3, -0.25) is 9.52 Å². The van der Waals surface area contributed by atoms with E-state index in [1.807, 2.05) is 6.92 Å². The Morgan fingerprint density at radius 1 is 0.862 bits per heavy atom. The van der Waals surface area contributed by atoms with Crippen molar-refractivity contribution in [1.29, 1.82) is 0 Å². The number of amides is 1. The molecule has 29 heavy (non-hydrogen) atoms. The molecule has 0 atom stereocenters. The van der Waals surface area contributed by atoms with Gasteiger partial charge in [-0.25, -0.2) is 8.42 Å². The summed E-state index contributed by atoms with van der Waals surface area (Å²) in [6.45, 7) is 1.86. The highest BCUT2D eigenvalue weighted by atomic mass is 35.5. The second-order valence-electron chi connectivity index (χ2n) is 6.16. The van der Waals surface area contributed by atoms with Crippen LogP contribution in [0.2, 0.25) is 15.1 Å². The number of rotatable bonds is 5. The molecular weight excluding hydrogens is 455 g/mol. The number of carbonyl (C=O) groups excluding carboxylic acids is 1. The van der Waals surface area contributed by atoms with Crippen LogP contribution in [-0.4, -0.2) is 14.3 Å². The third-order valence-corrected chi connectivity index (χ3v) is 6.35. The Morgan fingerprint density at radius 2 is 1.48 bits per heavy atom. The van der Waals surface area contributed by atoms with E-state index in [9.17, 15) is 13.2 Å². The summed E-state index contributed by atoms with van der Waals surface area (Å²) < 4.78 is 27.6. The van der Waals surface area contributed by atoms with E-state index in [0.717, 1.165) is 5.56 Å². The minimum Gasteiger partial charge on any atom is -0.319 e. The molecular formula is C20H15Cl3N2O3S. The Hall–Kier alpha value is -2.25. The largest absolute Gasteiger partial charge is 0.319 e. The Kier molecular flexibility index (Phi) is 6.39. The SMILES string of the molecule is Cc1ccc(S(=O)(=O)Nc2ccc(Cl)c(C(=O)Nc3c(Cl)cccc3Cl)c2)cc1. The zero-order valence-corrected chi connectivity index (χ0v) is 18.1. The van der Waals surface area contributed by atoms with Gasteiger partial charge in [-0.2, -0.15) is 0 Å². The van der Waals surface area contributed by atoms with Crippen molar-refractivity contribution in [2.24, 2.45) is 0 Å². The number of aryl methyl sites for hydroxylation is 1. The first-order valence-electron chi connectivity index (χ1n) is 8.32. The number of para-hydroxylation sites is 1. The summed E-state index contributed by atoms with van der Waals surface area (Å²) >= 11 is 18.3. The maximum Gasteiger partial charge on any atom is 0.261 e. The van der Waals surface area contributed by atoms with Crippen LogP contribution in [0.5, 0.6) is 0 Å². The van der Waals surface area contributed by atoms with E-state index in [2.05, 4.69) is 10.0 Å². The summed E-state index contributed by atoms with van der Waals surface area (Å²) in [6.07, 6.45) is 0. The van der Waals surface area contributed by atoms with Gasteiger partial charge in [-0.15, -0.1) is 0 Å². The molecule has 0 aliphatic rings. The number of halogens is 3. The van der Waals surface area contributed by atoms with Crippen molar-refractivity contribution in [1.82, 2.24) is 0 Å². The highest BCUT2D eigenvalue weighted by molar-refractivity contribution is 7.92. The fourth-order valence-corrected chi connectivity index (χ4v) is 4.24. The standard InChI is InChI=1S/C20H15Cl3N2O3S/c1-12-5-8-14(9-6-12)29(27,28)25-13-7-10-16(21)15(11-13)20(26)24-19-17(22)3-2-4-18(19)23/h2-11,25H,1H3,(H,24,26). The number of hydrogen-bond acceptors (Lipinski definition) is 3. The van der Waals surface area contributed by atoms with E-state index >= 15 is 0 Å². The van der Waals surface area contributed by atoms with Crippen LogP contribution in [0.4, 0.5) is 11.4 Å². The van der Waals surface area contributed by atoms with Crippen molar-refractivity contribution >= 4 is 62.1 Å². The Morgan fingerprint density at radius 3 is 2.10 bits per heavy atom. The minimum absolute atomic E-state index is 0.0618. The van der Waals surface area contributed by atoms with E-state index in [1.165, 1.54) is 30.3 Å².